The highest BCUT2D eigenvalue weighted by atomic mass is 16.5. The highest BCUT2D eigenvalue weighted by Gasteiger charge is 2.06. The topological polar surface area (TPSA) is 89.7 Å². The fraction of sp³-hybridized carbons (Fsp3) is 0.500. The summed E-state index contributed by atoms with van der Waals surface area (Å²) in [5, 5.41) is 0. The number of nitrogens with zero attached hydrogens (tertiary/aromatic N) is 3. The molecule has 0 amide bonds. The SMILES string of the molecule is COCCCCc1nc(N)c2[nH]cnc2n1. The number of ether oxygens (including phenoxy) is 1. The minimum atomic E-state index is 0.462. The van der Waals surface area contributed by atoms with Crippen molar-refractivity contribution in [2.24, 2.45) is 0 Å². The molecular weight excluding hydrogens is 206 g/mol. The lowest BCUT2D eigenvalue weighted by Crippen LogP contribution is -2.01. The molecule has 0 atom stereocenters. The normalized spacial score (nSPS) is 11.1. The van der Waals surface area contributed by atoms with Gasteiger partial charge in [0.15, 0.2) is 11.5 Å². The van der Waals surface area contributed by atoms with Crippen LogP contribution in [0.5, 0.6) is 0 Å². The van der Waals surface area contributed by atoms with Gasteiger partial charge in [-0.25, -0.2) is 15.0 Å². The van der Waals surface area contributed by atoms with Crippen LogP contribution in [0.15, 0.2) is 6.33 Å². The van der Waals surface area contributed by atoms with Gasteiger partial charge in [-0.2, -0.15) is 0 Å². The molecule has 0 aliphatic heterocycles. The van der Waals surface area contributed by atoms with E-state index in [0.29, 0.717) is 17.0 Å². The number of rotatable bonds is 5. The molecule has 0 radical (unpaired) electrons. The number of nitrogen functional groups attached to an aromatic ring is 1. The average molecular weight is 221 g/mol. The van der Waals surface area contributed by atoms with E-state index in [4.69, 9.17) is 10.5 Å². The smallest absolute Gasteiger partial charge is 0.183 e. The van der Waals surface area contributed by atoms with Gasteiger partial charge in [0.2, 0.25) is 0 Å². The Morgan fingerprint density at radius 3 is 3.06 bits per heavy atom. The highest BCUT2D eigenvalue weighted by Crippen LogP contribution is 2.13. The van der Waals surface area contributed by atoms with Gasteiger partial charge in [-0.1, -0.05) is 0 Å². The third kappa shape index (κ3) is 2.27. The van der Waals surface area contributed by atoms with E-state index in [-0.39, 0.29) is 0 Å². The Hall–Kier alpha value is -1.69. The van der Waals surface area contributed by atoms with Crippen LogP contribution in [0.3, 0.4) is 0 Å². The Morgan fingerprint density at radius 1 is 1.38 bits per heavy atom. The van der Waals surface area contributed by atoms with Gasteiger partial charge in [-0.3, -0.25) is 0 Å². The number of aromatic nitrogens is 4. The Labute approximate surface area is 93.3 Å². The van der Waals surface area contributed by atoms with Gasteiger partial charge < -0.3 is 15.5 Å². The minimum absolute atomic E-state index is 0.462. The fourth-order valence-electron chi connectivity index (χ4n) is 1.54. The number of aromatic amines is 1. The van der Waals surface area contributed by atoms with Crippen LogP contribution in [0.25, 0.3) is 11.2 Å². The summed E-state index contributed by atoms with van der Waals surface area (Å²) in [5.41, 5.74) is 7.13. The standard InChI is InChI=1S/C10H15N5O/c1-16-5-3-2-4-7-14-9(11)8-10(15-7)13-6-12-8/h6H,2-5H2,1H3,(H3,11,12,13,14,15). The molecule has 0 spiro atoms. The predicted molar refractivity (Wildman–Crippen MR) is 60.9 cm³/mol. The summed E-state index contributed by atoms with van der Waals surface area (Å²) in [6.07, 6.45) is 4.36. The quantitative estimate of drug-likeness (QED) is 0.732. The number of methoxy groups -OCH3 is 1. The molecule has 3 N–H and O–H groups in total. The zero-order chi connectivity index (χ0) is 11.4. The van der Waals surface area contributed by atoms with E-state index >= 15 is 0 Å². The molecule has 0 fully saturated rings. The monoisotopic (exact) mass is 221 g/mol. The summed E-state index contributed by atoms with van der Waals surface area (Å²) in [4.78, 5) is 15.5. The number of hydrogen-bond acceptors (Lipinski definition) is 5. The summed E-state index contributed by atoms with van der Waals surface area (Å²) in [6, 6.07) is 0. The van der Waals surface area contributed by atoms with Crippen molar-refractivity contribution in [1.82, 2.24) is 19.9 Å². The molecular formula is C10H15N5O. The average Bonchev–Trinajstić information content (AvgIpc) is 2.73. The fourth-order valence-corrected chi connectivity index (χ4v) is 1.54. The Balaban J connectivity index is 2.06. The summed E-state index contributed by atoms with van der Waals surface area (Å²) in [7, 11) is 1.70. The zero-order valence-electron chi connectivity index (χ0n) is 9.23. The molecule has 6 heteroatoms. The molecule has 0 aliphatic carbocycles. The van der Waals surface area contributed by atoms with Crippen molar-refractivity contribution in [3.8, 4) is 0 Å². The lowest BCUT2D eigenvalue weighted by molar-refractivity contribution is 0.193. The van der Waals surface area contributed by atoms with Gasteiger partial charge in [0.25, 0.3) is 0 Å². The van der Waals surface area contributed by atoms with Crippen LogP contribution >= 0.6 is 0 Å². The van der Waals surface area contributed by atoms with Gasteiger partial charge in [-0.05, 0) is 12.8 Å². The van der Waals surface area contributed by atoms with Crippen molar-refractivity contribution in [2.75, 3.05) is 19.5 Å². The van der Waals surface area contributed by atoms with Crippen molar-refractivity contribution in [2.45, 2.75) is 19.3 Å². The van der Waals surface area contributed by atoms with Crippen LogP contribution in [0.1, 0.15) is 18.7 Å². The number of unbranched alkanes of at least 4 members (excludes halogenated alkanes) is 1. The Morgan fingerprint density at radius 2 is 2.25 bits per heavy atom. The third-order valence-corrected chi connectivity index (χ3v) is 2.36. The molecule has 0 bridgehead atoms. The second-order valence-electron chi connectivity index (χ2n) is 3.58. The van der Waals surface area contributed by atoms with Gasteiger partial charge in [0, 0.05) is 20.1 Å². The number of nitrogens with one attached hydrogen (secondary N) is 1. The zero-order valence-corrected chi connectivity index (χ0v) is 9.23. The number of nitrogens with two attached hydrogens (primary N) is 1. The van der Waals surface area contributed by atoms with E-state index in [1.807, 2.05) is 0 Å². The van der Waals surface area contributed by atoms with E-state index in [2.05, 4.69) is 19.9 Å². The first-order valence-corrected chi connectivity index (χ1v) is 5.25. The van der Waals surface area contributed by atoms with Crippen LogP contribution in [-0.4, -0.2) is 33.7 Å². The minimum Gasteiger partial charge on any atom is -0.385 e. The molecule has 16 heavy (non-hydrogen) atoms. The maximum atomic E-state index is 5.78. The largest absolute Gasteiger partial charge is 0.385 e. The highest BCUT2D eigenvalue weighted by molar-refractivity contribution is 5.80. The van der Waals surface area contributed by atoms with Crippen molar-refractivity contribution in [3.63, 3.8) is 0 Å². The van der Waals surface area contributed by atoms with E-state index in [1.54, 1.807) is 13.4 Å². The van der Waals surface area contributed by atoms with Crippen molar-refractivity contribution in [1.29, 1.82) is 0 Å². The number of H-pyrrole nitrogens is 1. The second kappa shape index (κ2) is 4.89. The van der Waals surface area contributed by atoms with Crippen LogP contribution in [-0.2, 0) is 11.2 Å². The van der Waals surface area contributed by atoms with E-state index in [9.17, 15) is 0 Å². The number of fused-ring (bicyclic) bond motifs is 1. The van der Waals surface area contributed by atoms with Crippen molar-refractivity contribution >= 4 is 17.0 Å². The second-order valence-corrected chi connectivity index (χ2v) is 3.58. The number of anilines is 1. The molecule has 2 aromatic heterocycles. The van der Waals surface area contributed by atoms with Crippen LogP contribution in [0, 0.1) is 0 Å². The molecule has 0 saturated carbocycles. The number of aryl methyl sites for hydroxylation is 1. The molecule has 0 saturated heterocycles. The maximum absolute atomic E-state index is 5.78. The lowest BCUT2D eigenvalue weighted by Gasteiger charge is -2.01. The van der Waals surface area contributed by atoms with E-state index < -0.39 is 0 Å². The first-order chi connectivity index (χ1) is 7.81. The lowest BCUT2D eigenvalue weighted by atomic mass is 10.2. The van der Waals surface area contributed by atoms with Gasteiger partial charge in [0.1, 0.15) is 11.3 Å². The number of hydrogen-bond donors (Lipinski definition) is 2. The van der Waals surface area contributed by atoms with E-state index in [1.165, 1.54) is 0 Å². The molecule has 86 valence electrons. The third-order valence-electron chi connectivity index (χ3n) is 2.36. The molecule has 0 aliphatic rings. The molecule has 2 rings (SSSR count). The van der Waals surface area contributed by atoms with Gasteiger partial charge in [0.05, 0.1) is 6.33 Å². The summed E-state index contributed by atoms with van der Waals surface area (Å²) >= 11 is 0. The van der Waals surface area contributed by atoms with Crippen LogP contribution < -0.4 is 5.73 Å². The van der Waals surface area contributed by atoms with Crippen molar-refractivity contribution < 1.29 is 4.74 Å². The Kier molecular flexibility index (Phi) is 3.31. The van der Waals surface area contributed by atoms with Gasteiger partial charge in [-0.15, -0.1) is 0 Å². The van der Waals surface area contributed by atoms with E-state index in [0.717, 1.165) is 31.7 Å². The van der Waals surface area contributed by atoms with Crippen LogP contribution in [0.2, 0.25) is 0 Å². The van der Waals surface area contributed by atoms with Crippen molar-refractivity contribution in [3.05, 3.63) is 12.2 Å². The molecule has 2 aromatic rings. The van der Waals surface area contributed by atoms with Gasteiger partial charge >= 0.3 is 0 Å². The maximum Gasteiger partial charge on any atom is 0.183 e. The molecule has 6 nitrogen and oxygen atoms in total. The predicted octanol–water partition coefficient (Wildman–Crippen LogP) is 0.904. The first-order valence-electron chi connectivity index (χ1n) is 5.25. The molecule has 0 aromatic carbocycles. The number of imidazole rings is 1. The Bertz CT molecular complexity index is 467. The summed E-state index contributed by atoms with van der Waals surface area (Å²) in [6.45, 7) is 0.764. The summed E-state index contributed by atoms with van der Waals surface area (Å²) < 4.78 is 4.98. The van der Waals surface area contributed by atoms with Crippen LogP contribution in [0.4, 0.5) is 5.82 Å². The summed E-state index contributed by atoms with van der Waals surface area (Å²) in [5.74, 6) is 1.21. The first kappa shape index (κ1) is 10.8. The molecule has 2 heterocycles. The molecule has 0 unspecified atom stereocenters.